The molecule has 0 radical (unpaired) electrons. The van der Waals surface area contributed by atoms with Gasteiger partial charge in [-0.15, -0.1) is 0 Å². The van der Waals surface area contributed by atoms with Gasteiger partial charge in [0.25, 0.3) is 5.91 Å². The van der Waals surface area contributed by atoms with Gasteiger partial charge >= 0.3 is 0 Å². The van der Waals surface area contributed by atoms with Gasteiger partial charge in [0.05, 0.1) is 0 Å². The SMILES string of the molecule is Cc1cccc(OCC(=O)Nc2ccc(Nc3nc(C)cc(N(C)C)n3)cc2)c1. The summed E-state index contributed by atoms with van der Waals surface area (Å²) in [6.45, 7) is 3.86. The second kappa shape index (κ2) is 9.05. The summed E-state index contributed by atoms with van der Waals surface area (Å²) in [4.78, 5) is 22.9. The lowest BCUT2D eigenvalue weighted by atomic mass is 10.2. The number of nitrogens with one attached hydrogen (secondary N) is 2. The van der Waals surface area contributed by atoms with Crippen molar-refractivity contribution in [2.75, 3.05) is 36.2 Å². The summed E-state index contributed by atoms with van der Waals surface area (Å²) in [6.07, 6.45) is 0. The maximum Gasteiger partial charge on any atom is 0.262 e. The van der Waals surface area contributed by atoms with Crippen LogP contribution >= 0.6 is 0 Å². The summed E-state index contributed by atoms with van der Waals surface area (Å²) >= 11 is 0. The fourth-order valence-corrected chi connectivity index (χ4v) is 2.65. The van der Waals surface area contributed by atoms with Gasteiger partial charge in [-0.3, -0.25) is 4.79 Å². The van der Waals surface area contributed by atoms with Crippen LogP contribution in [0.3, 0.4) is 0 Å². The first kappa shape index (κ1) is 20.1. The molecule has 1 aromatic heterocycles. The standard InChI is InChI=1S/C22H25N5O2/c1-15-6-5-7-19(12-15)29-14-21(28)24-17-8-10-18(11-9-17)25-22-23-16(2)13-20(26-22)27(3)4/h5-13H,14H2,1-4H3,(H,24,28)(H,23,25,26). The molecular formula is C22H25N5O2. The molecule has 0 bridgehead atoms. The zero-order valence-electron chi connectivity index (χ0n) is 17.1. The molecule has 0 unspecified atom stereocenters. The predicted octanol–water partition coefficient (Wildman–Crippen LogP) is 3.92. The topological polar surface area (TPSA) is 79.4 Å². The zero-order chi connectivity index (χ0) is 20.8. The van der Waals surface area contributed by atoms with Crippen molar-refractivity contribution in [1.29, 1.82) is 0 Å². The fourth-order valence-electron chi connectivity index (χ4n) is 2.65. The Bertz CT molecular complexity index is 987. The van der Waals surface area contributed by atoms with Gasteiger partial charge in [-0.25, -0.2) is 4.98 Å². The van der Waals surface area contributed by atoms with Gasteiger partial charge < -0.3 is 20.3 Å². The average Bonchev–Trinajstić information content (AvgIpc) is 2.67. The molecule has 2 aromatic carbocycles. The minimum Gasteiger partial charge on any atom is -0.484 e. The van der Waals surface area contributed by atoms with Gasteiger partial charge in [0, 0.05) is 37.2 Å². The Kier molecular flexibility index (Phi) is 6.29. The van der Waals surface area contributed by atoms with E-state index in [0.29, 0.717) is 17.4 Å². The quantitative estimate of drug-likeness (QED) is 0.635. The number of amides is 1. The first-order valence-electron chi connectivity index (χ1n) is 9.28. The highest BCUT2D eigenvalue weighted by atomic mass is 16.5. The van der Waals surface area contributed by atoms with Crippen molar-refractivity contribution in [2.24, 2.45) is 0 Å². The maximum absolute atomic E-state index is 12.1. The van der Waals surface area contributed by atoms with E-state index in [1.165, 1.54) is 0 Å². The average molecular weight is 391 g/mol. The lowest BCUT2D eigenvalue weighted by Gasteiger charge is -2.14. The molecule has 0 atom stereocenters. The minimum atomic E-state index is -0.218. The van der Waals surface area contributed by atoms with Crippen LogP contribution in [-0.2, 0) is 4.79 Å². The summed E-state index contributed by atoms with van der Waals surface area (Å²) in [5.74, 6) is 1.81. The predicted molar refractivity (Wildman–Crippen MR) is 116 cm³/mol. The van der Waals surface area contributed by atoms with Crippen LogP contribution in [0.25, 0.3) is 0 Å². The molecule has 0 spiro atoms. The van der Waals surface area contributed by atoms with Crippen molar-refractivity contribution >= 4 is 29.0 Å². The summed E-state index contributed by atoms with van der Waals surface area (Å²) in [5, 5.41) is 6.01. The van der Waals surface area contributed by atoms with Crippen LogP contribution in [0.5, 0.6) is 5.75 Å². The van der Waals surface area contributed by atoms with E-state index >= 15 is 0 Å². The van der Waals surface area contributed by atoms with E-state index < -0.39 is 0 Å². The largest absolute Gasteiger partial charge is 0.484 e. The molecule has 0 saturated carbocycles. The van der Waals surface area contributed by atoms with E-state index in [-0.39, 0.29) is 12.5 Å². The van der Waals surface area contributed by atoms with Crippen LogP contribution in [0.15, 0.2) is 54.6 Å². The molecule has 29 heavy (non-hydrogen) atoms. The number of carbonyl (C=O) groups is 1. The number of aryl methyl sites for hydroxylation is 2. The Balaban J connectivity index is 1.56. The van der Waals surface area contributed by atoms with Gasteiger partial charge in [-0.05, 0) is 55.8 Å². The molecule has 0 saturated heterocycles. The van der Waals surface area contributed by atoms with Crippen LogP contribution in [0.1, 0.15) is 11.3 Å². The monoisotopic (exact) mass is 391 g/mol. The molecule has 0 aliphatic rings. The lowest BCUT2D eigenvalue weighted by Crippen LogP contribution is -2.20. The molecule has 1 amide bonds. The van der Waals surface area contributed by atoms with Gasteiger partial charge in [0.1, 0.15) is 11.6 Å². The van der Waals surface area contributed by atoms with Crippen LogP contribution in [0.4, 0.5) is 23.1 Å². The van der Waals surface area contributed by atoms with E-state index in [1.54, 1.807) is 0 Å². The van der Waals surface area contributed by atoms with Crippen molar-refractivity contribution < 1.29 is 9.53 Å². The Hall–Kier alpha value is -3.61. The van der Waals surface area contributed by atoms with Crippen molar-refractivity contribution in [3.05, 3.63) is 65.9 Å². The second-order valence-corrected chi connectivity index (χ2v) is 6.94. The molecule has 7 heteroatoms. The van der Waals surface area contributed by atoms with Gasteiger partial charge in [-0.1, -0.05) is 12.1 Å². The number of carbonyl (C=O) groups excluding carboxylic acids is 1. The number of nitrogens with zero attached hydrogens (tertiary/aromatic N) is 3. The third-order valence-corrected chi connectivity index (χ3v) is 4.08. The van der Waals surface area contributed by atoms with Crippen molar-refractivity contribution in [1.82, 2.24) is 9.97 Å². The summed E-state index contributed by atoms with van der Waals surface area (Å²) in [7, 11) is 3.87. The smallest absolute Gasteiger partial charge is 0.262 e. The lowest BCUT2D eigenvalue weighted by molar-refractivity contribution is -0.118. The van der Waals surface area contributed by atoms with Gasteiger partial charge in [0.15, 0.2) is 6.61 Å². The van der Waals surface area contributed by atoms with E-state index in [4.69, 9.17) is 4.74 Å². The number of ether oxygens (including phenoxy) is 1. The molecule has 0 aliphatic heterocycles. The van der Waals surface area contributed by atoms with Gasteiger partial charge in [-0.2, -0.15) is 4.98 Å². The number of hydrogen-bond acceptors (Lipinski definition) is 6. The number of anilines is 4. The van der Waals surface area contributed by atoms with Crippen LogP contribution in [0.2, 0.25) is 0 Å². The first-order valence-corrected chi connectivity index (χ1v) is 9.28. The minimum absolute atomic E-state index is 0.0477. The summed E-state index contributed by atoms with van der Waals surface area (Å²) < 4.78 is 5.52. The molecule has 3 rings (SSSR count). The number of benzene rings is 2. The third-order valence-electron chi connectivity index (χ3n) is 4.08. The van der Waals surface area contributed by atoms with Crippen molar-refractivity contribution in [3.63, 3.8) is 0 Å². The number of hydrogen-bond donors (Lipinski definition) is 2. The van der Waals surface area contributed by atoms with Crippen molar-refractivity contribution in [3.8, 4) is 5.75 Å². The Labute approximate surface area is 170 Å². The maximum atomic E-state index is 12.1. The van der Waals surface area contributed by atoms with Crippen LogP contribution in [0, 0.1) is 13.8 Å². The molecule has 150 valence electrons. The molecule has 3 aromatic rings. The highest BCUT2D eigenvalue weighted by molar-refractivity contribution is 5.92. The normalized spacial score (nSPS) is 10.3. The molecule has 2 N–H and O–H groups in total. The molecule has 7 nitrogen and oxygen atoms in total. The zero-order valence-corrected chi connectivity index (χ0v) is 17.1. The third kappa shape index (κ3) is 5.93. The molecule has 1 heterocycles. The van der Waals surface area contributed by atoms with E-state index in [9.17, 15) is 4.79 Å². The van der Waals surface area contributed by atoms with E-state index in [1.807, 2.05) is 87.4 Å². The highest BCUT2D eigenvalue weighted by Crippen LogP contribution is 2.19. The summed E-state index contributed by atoms with van der Waals surface area (Å²) in [6, 6.07) is 16.9. The number of rotatable bonds is 7. The molecular weight excluding hydrogens is 366 g/mol. The Morgan fingerprint density at radius 3 is 2.41 bits per heavy atom. The van der Waals surface area contributed by atoms with Crippen molar-refractivity contribution in [2.45, 2.75) is 13.8 Å². The summed E-state index contributed by atoms with van der Waals surface area (Å²) in [5.41, 5.74) is 3.48. The first-order chi connectivity index (χ1) is 13.9. The highest BCUT2D eigenvalue weighted by Gasteiger charge is 2.06. The molecule has 0 fully saturated rings. The van der Waals surface area contributed by atoms with Gasteiger partial charge in [0.2, 0.25) is 5.95 Å². The van der Waals surface area contributed by atoms with Crippen LogP contribution < -0.4 is 20.3 Å². The Morgan fingerprint density at radius 2 is 1.72 bits per heavy atom. The molecule has 0 aliphatic carbocycles. The van der Waals surface area contributed by atoms with E-state index in [0.717, 1.165) is 22.8 Å². The number of aromatic nitrogens is 2. The fraction of sp³-hybridized carbons (Fsp3) is 0.227. The Morgan fingerprint density at radius 1 is 1.00 bits per heavy atom. The van der Waals surface area contributed by atoms with Crippen LogP contribution in [-0.4, -0.2) is 36.6 Å². The second-order valence-electron chi connectivity index (χ2n) is 6.94. The van der Waals surface area contributed by atoms with E-state index in [2.05, 4.69) is 20.6 Å².